The summed E-state index contributed by atoms with van der Waals surface area (Å²) in [7, 11) is 0. The maximum Gasteiger partial charge on any atom is 0.410 e. The first-order chi connectivity index (χ1) is 22.1. The van der Waals surface area contributed by atoms with E-state index in [9.17, 15) is 9.59 Å². The molecule has 1 saturated carbocycles. The second-order valence-electron chi connectivity index (χ2n) is 14.1. The molecule has 9 nitrogen and oxygen atoms in total. The summed E-state index contributed by atoms with van der Waals surface area (Å²) in [6.45, 7) is 9.56. The topological polar surface area (TPSA) is 86.1 Å². The summed E-state index contributed by atoms with van der Waals surface area (Å²) in [5, 5.41) is 0.522. The van der Waals surface area contributed by atoms with Gasteiger partial charge in [-0.15, -0.1) is 0 Å². The number of hydrogen-bond donors (Lipinski definition) is 0. The third-order valence-electron chi connectivity index (χ3n) is 9.32. The highest BCUT2D eigenvalue weighted by Gasteiger charge is 2.55. The number of aromatic nitrogens is 2. The van der Waals surface area contributed by atoms with Gasteiger partial charge in [0.15, 0.2) is 0 Å². The quantitative estimate of drug-likeness (QED) is 0.238. The Bertz CT molecular complexity index is 1740. The number of ether oxygens (including phenoxy) is 3. The molecule has 2 saturated heterocycles. The Morgan fingerprint density at radius 2 is 1.61 bits per heavy atom. The van der Waals surface area contributed by atoms with Crippen molar-refractivity contribution in [3.63, 3.8) is 0 Å². The zero-order valence-corrected chi connectivity index (χ0v) is 26.9. The lowest BCUT2D eigenvalue weighted by Crippen LogP contribution is -2.66. The molecule has 2 aliphatic heterocycles. The fourth-order valence-electron chi connectivity index (χ4n) is 6.94. The molecule has 9 heteroatoms. The number of amides is 1. The van der Waals surface area contributed by atoms with Gasteiger partial charge >= 0.3 is 6.09 Å². The number of carbonyl (C=O) groups is 1. The Balaban J connectivity index is 0.906. The molecule has 3 aromatic carbocycles. The van der Waals surface area contributed by atoms with E-state index in [0.29, 0.717) is 23.3 Å². The van der Waals surface area contributed by atoms with Crippen LogP contribution in [0.3, 0.4) is 0 Å². The van der Waals surface area contributed by atoms with E-state index >= 15 is 0 Å². The average Bonchev–Trinajstić information content (AvgIpc) is 3.01. The van der Waals surface area contributed by atoms with Gasteiger partial charge in [-0.05, 0) is 94.5 Å². The summed E-state index contributed by atoms with van der Waals surface area (Å²) in [5.74, 6) is 0.639. The van der Waals surface area contributed by atoms with Crippen LogP contribution in [0.1, 0.15) is 52.0 Å². The lowest BCUT2D eigenvalue weighted by Gasteiger charge is -2.58. The lowest BCUT2D eigenvalue weighted by atomic mass is 9.62. The van der Waals surface area contributed by atoms with Gasteiger partial charge in [0.25, 0.3) is 5.56 Å². The van der Waals surface area contributed by atoms with Gasteiger partial charge in [0.05, 0.1) is 28.8 Å². The minimum atomic E-state index is -0.458. The van der Waals surface area contributed by atoms with Gasteiger partial charge < -0.3 is 24.0 Å². The zero-order chi connectivity index (χ0) is 31.9. The molecular formula is C37H42N4O5. The molecule has 0 N–H and O–H groups in total. The molecule has 3 fully saturated rings. The first-order valence-corrected chi connectivity index (χ1v) is 16.3. The Labute approximate surface area is 269 Å². The molecule has 4 aromatic rings. The van der Waals surface area contributed by atoms with E-state index in [1.807, 2.05) is 80.3 Å². The fraction of sp³-hybridized carbons (Fsp3) is 0.432. The first-order valence-electron chi connectivity index (χ1n) is 16.3. The SMILES string of the molecule is CC(C)(C)OC(=O)N1CC2(CC(OC3CCN(c4ccc(-n5cnc6ccc(OCc7ccccc7)cc6c5=O)cc4)CC3)C2)C1. The van der Waals surface area contributed by atoms with Crippen molar-refractivity contribution in [2.45, 2.75) is 70.9 Å². The van der Waals surface area contributed by atoms with Crippen LogP contribution in [0.25, 0.3) is 16.6 Å². The third-order valence-corrected chi connectivity index (χ3v) is 9.32. The second-order valence-corrected chi connectivity index (χ2v) is 14.1. The Kier molecular flexibility index (Phi) is 7.97. The van der Waals surface area contributed by atoms with Crippen molar-refractivity contribution >= 4 is 22.7 Å². The summed E-state index contributed by atoms with van der Waals surface area (Å²) < 4.78 is 19.5. The van der Waals surface area contributed by atoms with E-state index in [1.165, 1.54) is 0 Å². The number of hydrogen-bond acceptors (Lipinski definition) is 7. The molecule has 3 aliphatic rings. The Morgan fingerprint density at radius 1 is 0.913 bits per heavy atom. The Hall–Kier alpha value is -4.37. The third kappa shape index (κ3) is 6.47. The predicted molar refractivity (Wildman–Crippen MR) is 178 cm³/mol. The van der Waals surface area contributed by atoms with Crippen LogP contribution in [-0.4, -0.2) is 64.5 Å². The fourth-order valence-corrected chi connectivity index (χ4v) is 6.94. The normalized spacial score (nSPS) is 18.3. The standard InChI is InChI=1S/C37H42N4O5/c1-36(2,3)46-35(43)40-23-37(24-40)20-31(21-37)45-29-15-17-39(18-16-29)27-9-11-28(12-10-27)41-25-38-33-14-13-30(19-32(33)34(41)42)44-22-26-7-5-4-6-8-26/h4-14,19,25,29,31H,15-18,20-24H2,1-3H3. The van der Waals surface area contributed by atoms with Crippen LogP contribution < -0.4 is 15.2 Å². The minimum Gasteiger partial charge on any atom is -0.489 e. The van der Waals surface area contributed by atoms with Crippen molar-refractivity contribution in [2.24, 2.45) is 5.41 Å². The summed E-state index contributed by atoms with van der Waals surface area (Å²) in [5.41, 5.74) is 3.26. The molecule has 1 spiro atoms. The molecule has 1 amide bonds. The van der Waals surface area contributed by atoms with Crippen molar-refractivity contribution in [1.29, 1.82) is 0 Å². The number of likely N-dealkylation sites (tertiary alicyclic amines) is 1. The molecule has 7 rings (SSSR count). The van der Waals surface area contributed by atoms with Crippen molar-refractivity contribution < 1.29 is 19.0 Å². The molecule has 0 unspecified atom stereocenters. The largest absolute Gasteiger partial charge is 0.489 e. The number of nitrogens with zero attached hydrogens (tertiary/aromatic N) is 4. The van der Waals surface area contributed by atoms with E-state index < -0.39 is 5.60 Å². The number of fused-ring (bicyclic) bond motifs is 1. The molecule has 1 aromatic heterocycles. The minimum absolute atomic E-state index is 0.127. The van der Waals surface area contributed by atoms with Crippen LogP contribution in [-0.2, 0) is 16.1 Å². The summed E-state index contributed by atoms with van der Waals surface area (Å²) in [6, 6.07) is 23.5. The van der Waals surface area contributed by atoms with Crippen molar-refractivity contribution in [2.75, 3.05) is 31.1 Å². The van der Waals surface area contributed by atoms with E-state index in [0.717, 1.165) is 68.8 Å². The average molecular weight is 623 g/mol. The maximum atomic E-state index is 13.5. The molecule has 0 atom stereocenters. The van der Waals surface area contributed by atoms with Crippen LogP contribution in [0.5, 0.6) is 5.75 Å². The predicted octanol–water partition coefficient (Wildman–Crippen LogP) is 6.35. The van der Waals surface area contributed by atoms with Gasteiger partial charge in [-0.2, -0.15) is 0 Å². The number of anilines is 1. The molecule has 0 radical (unpaired) electrons. The van der Waals surface area contributed by atoms with Gasteiger partial charge in [-0.3, -0.25) is 9.36 Å². The molecule has 46 heavy (non-hydrogen) atoms. The van der Waals surface area contributed by atoms with Crippen LogP contribution >= 0.6 is 0 Å². The van der Waals surface area contributed by atoms with Crippen molar-refractivity contribution in [3.05, 3.63) is 95.0 Å². The van der Waals surface area contributed by atoms with E-state index in [1.54, 1.807) is 17.0 Å². The van der Waals surface area contributed by atoms with Crippen molar-refractivity contribution in [3.8, 4) is 11.4 Å². The number of rotatable bonds is 7. The molecule has 240 valence electrons. The Morgan fingerprint density at radius 3 is 2.30 bits per heavy atom. The summed E-state index contributed by atoms with van der Waals surface area (Å²) in [6.07, 6.45) is 5.97. The molecule has 0 bridgehead atoms. The molecule has 3 heterocycles. The highest BCUT2D eigenvalue weighted by atomic mass is 16.6. The van der Waals surface area contributed by atoms with Gasteiger partial charge in [0.1, 0.15) is 24.3 Å². The van der Waals surface area contributed by atoms with Gasteiger partial charge in [-0.25, -0.2) is 9.78 Å². The highest BCUT2D eigenvalue weighted by Crippen LogP contribution is 2.50. The van der Waals surface area contributed by atoms with Crippen LogP contribution in [0.4, 0.5) is 10.5 Å². The number of benzene rings is 3. The first kappa shape index (κ1) is 30.3. The number of piperidine rings is 1. The number of carbonyl (C=O) groups excluding carboxylic acids is 1. The molecular weight excluding hydrogens is 580 g/mol. The van der Waals surface area contributed by atoms with Gasteiger partial charge in [0, 0.05) is 37.3 Å². The summed E-state index contributed by atoms with van der Waals surface area (Å²) in [4.78, 5) is 34.5. The van der Waals surface area contributed by atoms with E-state index in [4.69, 9.17) is 14.2 Å². The lowest BCUT2D eigenvalue weighted by molar-refractivity contribution is -0.167. The van der Waals surface area contributed by atoms with Crippen LogP contribution in [0.2, 0.25) is 0 Å². The van der Waals surface area contributed by atoms with Crippen LogP contribution in [0.15, 0.2) is 83.9 Å². The van der Waals surface area contributed by atoms with Crippen molar-refractivity contribution in [1.82, 2.24) is 14.5 Å². The second kappa shape index (κ2) is 12.1. The van der Waals surface area contributed by atoms with E-state index in [2.05, 4.69) is 22.0 Å². The van der Waals surface area contributed by atoms with E-state index in [-0.39, 0.29) is 29.3 Å². The monoisotopic (exact) mass is 622 g/mol. The van der Waals surface area contributed by atoms with Gasteiger partial charge in [-0.1, -0.05) is 30.3 Å². The maximum absolute atomic E-state index is 13.5. The zero-order valence-electron chi connectivity index (χ0n) is 26.9. The smallest absolute Gasteiger partial charge is 0.410 e. The van der Waals surface area contributed by atoms with Gasteiger partial charge in [0.2, 0.25) is 0 Å². The van der Waals surface area contributed by atoms with Crippen LogP contribution in [0, 0.1) is 5.41 Å². The summed E-state index contributed by atoms with van der Waals surface area (Å²) >= 11 is 0. The molecule has 1 aliphatic carbocycles. The highest BCUT2D eigenvalue weighted by molar-refractivity contribution is 5.79.